The molecule has 2 aromatic carbocycles. The first-order valence-corrected chi connectivity index (χ1v) is 7.46. The van der Waals surface area contributed by atoms with Crippen LogP contribution in [0.1, 0.15) is 30.9 Å². The molecule has 0 aliphatic carbocycles. The van der Waals surface area contributed by atoms with E-state index < -0.39 is 0 Å². The van der Waals surface area contributed by atoms with E-state index in [0.29, 0.717) is 0 Å². The van der Waals surface area contributed by atoms with Crippen LogP contribution in [-0.4, -0.2) is 0 Å². The Hall–Kier alpha value is -2.34. The van der Waals surface area contributed by atoms with Gasteiger partial charge in [0.2, 0.25) is 0 Å². The zero-order chi connectivity index (χ0) is 14.8. The highest BCUT2D eigenvalue weighted by molar-refractivity contribution is 5.50. The number of rotatable bonds is 6. The smallest absolute Gasteiger partial charge is 0.0132 e. The summed E-state index contributed by atoms with van der Waals surface area (Å²) in [5, 5.41) is 0. The maximum Gasteiger partial charge on any atom is -0.0132 e. The van der Waals surface area contributed by atoms with Crippen LogP contribution in [0.5, 0.6) is 0 Å². The normalized spacial score (nSPS) is 11.1. The zero-order valence-corrected chi connectivity index (χ0v) is 12.6. The van der Waals surface area contributed by atoms with E-state index in [1.165, 1.54) is 16.7 Å². The van der Waals surface area contributed by atoms with Gasteiger partial charge in [-0.2, -0.15) is 0 Å². The predicted molar refractivity (Wildman–Crippen MR) is 93.9 cm³/mol. The Labute approximate surface area is 128 Å². The van der Waals surface area contributed by atoms with Gasteiger partial charge in [0.15, 0.2) is 0 Å². The lowest BCUT2D eigenvalue weighted by Gasteiger charge is -2.00. The predicted octanol–water partition coefficient (Wildman–Crippen LogP) is 6.14. The minimum atomic E-state index is 1.00. The van der Waals surface area contributed by atoms with Gasteiger partial charge in [-0.05, 0) is 30.9 Å². The van der Waals surface area contributed by atoms with Crippen molar-refractivity contribution in [1.82, 2.24) is 0 Å². The molecule has 0 bridgehead atoms. The molecular weight excluding hydrogens is 252 g/mol. The average molecular weight is 274 g/mol. The van der Waals surface area contributed by atoms with Gasteiger partial charge in [-0.1, -0.05) is 96.6 Å². The maximum absolute atomic E-state index is 2.24. The van der Waals surface area contributed by atoms with Crippen molar-refractivity contribution in [2.45, 2.75) is 19.8 Å². The van der Waals surface area contributed by atoms with Crippen LogP contribution >= 0.6 is 0 Å². The molecule has 0 nitrogen and oxygen atoms in total. The molecule has 0 N–H and O–H groups in total. The van der Waals surface area contributed by atoms with Crippen LogP contribution in [0, 0.1) is 0 Å². The molecule has 0 spiro atoms. The Morgan fingerprint density at radius 2 is 1.14 bits per heavy atom. The minimum Gasteiger partial charge on any atom is -0.0878 e. The molecule has 21 heavy (non-hydrogen) atoms. The fourth-order valence-electron chi connectivity index (χ4n) is 2.14. The van der Waals surface area contributed by atoms with Crippen LogP contribution in [0.3, 0.4) is 0 Å². The lowest BCUT2D eigenvalue weighted by atomic mass is 10.1. The van der Waals surface area contributed by atoms with Crippen molar-refractivity contribution < 1.29 is 0 Å². The van der Waals surface area contributed by atoms with Crippen LogP contribution in [0.4, 0.5) is 0 Å². The maximum atomic E-state index is 2.24. The Morgan fingerprint density at radius 1 is 0.714 bits per heavy atom. The van der Waals surface area contributed by atoms with Crippen LogP contribution in [0.25, 0.3) is 12.2 Å². The molecule has 0 aliphatic rings. The van der Waals surface area contributed by atoms with E-state index in [-0.39, 0.29) is 0 Å². The van der Waals surface area contributed by atoms with Crippen molar-refractivity contribution in [3.63, 3.8) is 0 Å². The highest BCUT2D eigenvalue weighted by atomic mass is 14.0. The summed E-state index contributed by atoms with van der Waals surface area (Å²) in [6, 6.07) is 20.9. The van der Waals surface area contributed by atoms with E-state index in [1.54, 1.807) is 0 Å². The molecule has 0 aromatic heterocycles. The lowest BCUT2D eigenvalue weighted by molar-refractivity contribution is 1.11. The van der Waals surface area contributed by atoms with E-state index in [4.69, 9.17) is 0 Å². The molecule has 2 aromatic rings. The molecule has 106 valence electrons. The monoisotopic (exact) mass is 274 g/mol. The van der Waals surface area contributed by atoms with Gasteiger partial charge in [-0.3, -0.25) is 0 Å². The summed E-state index contributed by atoms with van der Waals surface area (Å²) in [4.78, 5) is 0. The molecular formula is C21H22. The van der Waals surface area contributed by atoms with Gasteiger partial charge in [0.1, 0.15) is 0 Å². The van der Waals surface area contributed by atoms with Crippen molar-refractivity contribution in [3.05, 3.63) is 95.6 Å². The molecule has 0 saturated heterocycles. The standard InChI is InChI=1S/C21H22/c1-2-19(15-9-17-20-11-5-3-6-12-20)16-10-18-21-13-7-4-8-14-21/h2-14,17-18H,15-16H2,1H3/b17-9+,18-10+. The van der Waals surface area contributed by atoms with Crippen molar-refractivity contribution >= 4 is 12.2 Å². The molecule has 2 rings (SSSR count). The number of hydrogen-bond donors (Lipinski definition) is 0. The molecule has 0 aliphatic heterocycles. The molecule has 0 radical (unpaired) electrons. The molecule has 0 heterocycles. The minimum absolute atomic E-state index is 1.00. The molecule has 0 unspecified atom stereocenters. The highest BCUT2D eigenvalue weighted by Crippen LogP contribution is 2.12. The second kappa shape index (κ2) is 8.76. The van der Waals surface area contributed by atoms with E-state index >= 15 is 0 Å². The topological polar surface area (TPSA) is 0 Å². The Morgan fingerprint density at radius 3 is 1.52 bits per heavy atom. The average Bonchev–Trinajstić information content (AvgIpc) is 2.55. The second-order valence-electron chi connectivity index (χ2n) is 4.98. The first-order valence-electron chi connectivity index (χ1n) is 7.46. The van der Waals surface area contributed by atoms with Gasteiger partial charge in [-0.25, -0.2) is 0 Å². The Kier molecular flexibility index (Phi) is 6.28. The Balaban J connectivity index is 1.84. The summed E-state index contributed by atoms with van der Waals surface area (Å²) in [6.45, 7) is 2.11. The number of benzene rings is 2. The van der Waals surface area contributed by atoms with Crippen LogP contribution < -0.4 is 0 Å². The Bertz CT molecular complexity index is 548. The van der Waals surface area contributed by atoms with Gasteiger partial charge in [0.25, 0.3) is 0 Å². The van der Waals surface area contributed by atoms with Crippen LogP contribution in [0.15, 0.2) is 84.5 Å². The fourth-order valence-corrected chi connectivity index (χ4v) is 2.14. The van der Waals surface area contributed by atoms with Gasteiger partial charge in [-0.15, -0.1) is 0 Å². The zero-order valence-electron chi connectivity index (χ0n) is 12.6. The van der Waals surface area contributed by atoms with Crippen molar-refractivity contribution in [2.75, 3.05) is 0 Å². The van der Waals surface area contributed by atoms with Crippen LogP contribution in [0.2, 0.25) is 0 Å². The van der Waals surface area contributed by atoms with Gasteiger partial charge in [0, 0.05) is 0 Å². The first kappa shape index (κ1) is 15.1. The third-order valence-electron chi connectivity index (χ3n) is 3.39. The summed E-state index contributed by atoms with van der Waals surface area (Å²) in [7, 11) is 0. The van der Waals surface area contributed by atoms with E-state index in [2.05, 4.69) is 85.8 Å². The number of allylic oxidation sites excluding steroid dienone is 4. The van der Waals surface area contributed by atoms with Crippen molar-refractivity contribution in [3.8, 4) is 0 Å². The summed E-state index contributed by atoms with van der Waals surface area (Å²) >= 11 is 0. The lowest BCUT2D eigenvalue weighted by Crippen LogP contribution is -1.79. The van der Waals surface area contributed by atoms with Crippen molar-refractivity contribution in [2.24, 2.45) is 0 Å². The third kappa shape index (κ3) is 5.66. The summed E-state index contributed by atoms with van der Waals surface area (Å²) in [5.74, 6) is 0. The SMILES string of the molecule is CC=C(C/C=C/c1ccccc1)C/C=C/c1ccccc1. The van der Waals surface area contributed by atoms with E-state index in [9.17, 15) is 0 Å². The van der Waals surface area contributed by atoms with E-state index in [0.717, 1.165) is 12.8 Å². The first-order chi connectivity index (χ1) is 10.4. The molecule has 0 amide bonds. The summed E-state index contributed by atoms with van der Waals surface area (Å²) < 4.78 is 0. The fraction of sp³-hybridized carbons (Fsp3) is 0.143. The molecule has 0 saturated carbocycles. The highest BCUT2D eigenvalue weighted by Gasteiger charge is 1.91. The van der Waals surface area contributed by atoms with Crippen LogP contribution in [-0.2, 0) is 0 Å². The second-order valence-corrected chi connectivity index (χ2v) is 4.98. The molecule has 0 heteroatoms. The molecule has 0 fully saturated rings. The van der Waals surface area contributed by atoms with Gasteiger partial charge >= 0.3 is 0 Å². The van der Waals surface area contributed by atoms with Gasteiger partial charge < -0.3 is 0 Å². The quantitative estimate of drug-likeness (QED) is 0.555. The third-order valence-corrected chi connectivity index (χ3v) is 3.39. The summed E-state index contributed by atoms with van der Waals surface area (Å²) in [5.41, 5.74) is 3.95. The van der Waals surface area contributed by atoms with Gasteiger partial charge in [0.05, 0.1) is 0 Å². The van der Waals surface area contributed by atoms with Crippen molar-refractivity contribution in [1.29, 1.82) is 0 Å². The molecule has 0 atom stereocenters. The van der Waals surface area contributed by atoms with E-state index in [1.807, 2.05) is 12.1 Å². The summed E-state index contributed by atoms with van der Waals surface area (Å²) in [6.07, 6.45) is 13.1. The largest absolute Gasteiger partial charge is 0.0878 e. The number of hydrogen-bond acceptors (Lipinski definition) is 0.